The predicted molar refractivity (Wildman–Crippen MR) is 140 cm³/mol. The monoisotopic (exact) mass is 500 g/mol. The molecule has 36 heavy (non-hydrogen) atoms. The Labute approximate surface area is 214 Å². The molecule has 0 N–H and O–H groups in total. The van der Waals surface area contributed by atoms with Gasteiger partial charge >= 0.3 is 0 Å². The van der Waals surface area contributed by atoms with Crippen molar-refractivity contribution in [3.63, 3.8) is 0 Å². The summed E-state index contributed by atoms with van der Waals surface area (Å²) in [6.07, 6.45) is 11.2. The maximum Gasteiger partial charge on any atom is 0.294 e. The van der Waals surface area contributed by atoms with Crippen molar-refractivity contribution in [1.29, 1.82) is 0 Å². The number of rotatable bonds is 16. The highest BCUT2D eigenvalue weighted by molar-refractivity contribution is 5.76. The molecule has 8 nitrogen and oxygen atoms in total. The molecule has 1 aliphatic heterocycles. The third kappa shape index (κ3) is 10.6. The molecule has 0 saturated carbocycles. The van der Waals surface area contributed by atoms with Gasteiger partial charge in [0.05, 0.1) is 26.1 Å². The SMILES string of the molecule is C=C/C=C\C(COCCCCc1ccc(C2CCN(C(=O)CCCO[N+](=O)[O-])CC2)cc1)=C(/C)OC. The standard InChI is InChI=1S/C28H40N2O6/c1-4-5-10-27(23(2)34-3)22-35-20-7-6-9-24-12-14-25(15-13-24)26-16-18-29(19-17-26)28(31)11-8-21-36-30(32)33/h4-5,10,12-15,26H,1,6-9,11,16-22H2,2-3H3/b10-5-,27-23-. The average Bonchev–Trinajstić information content (AvgIpc) is 2.90. The van der Waals surface area contributed by atoms with Crippen molar-refractivity contribution in [3.8, 4) is 0 Å². The van der Waals surface area contributed by atoms with E-state index >= 15 is 0 Å². The molecule has 0 bridgehead atoms. The van der Waals surface area contributed by atoms with Crippen LogP contribution in [-0.2, 0) is 25.5 Å². The Balaban J connectivity index is 1.65. The molecule has 198 valence electrons. The molecular weight excluding hydrogens is 460 g/mol. The second-order valence-corrected chi connectivity index (χ2v) is 8.95. The smallest absolute Gasteiger partial charge is 0.294 e. The molecule has 1 aromatic rings. The number of likely N-dealkylation sites (tertiary alicyclic amines) is 1. The third-order valence-corrected chi connectivity index (χ3v) is 6.48. The van der Waals surface area contributed by atoms with Crippen LogP contribution in [0.3, 0.4) is 0 Å². The number of hydrogen-bond donors (Lipinski definition) is 0. The molecule has 1 amide bonds. The predicted octanol–water partition coefficient (Wildman–Crippen LogP) is 5.38. The molecule has 2 rings (SSSR count). The Kier molecular flexibility index (Phi) is 13.4. The fourth-order valence-electron chi connectivity index (χ4n) is 4.24. The number of amides is 1. The van der Waals surface area contributed by atoms with Crippen LogP contribution < -0.4 is 0 Å². The number of nitrogens with zero attached hydrogens (tertiary/aromatic N) is 2. The first-order valence-electron chi connectivity index (χ1n) is 12.7. The minimum Gasteiger partial charge on any atom is -0.501 e. The van der Waals surface area contributed by atoms with E-state index in [1.54, 1.807) is 13.2 Å². The zero-order valence-corrected chi connectivity index (χ0v) is 21.7. The number of allylic oxidation sites excluding steroid dienone is 3. The molecule has 0 unspecified atom stereocenters. The van der Waals surface area contributed by atoms with Crippen LogP contribution in [0.2, 0.25) is 0 Å². The van der Waals surface area contributed by atoms with Crippen molar-refractivity contribution >= 4 is 5.91 Å². The summed E-state index contributed by atoms with van der Waals surface area (Å²) >= 11 is 0. The van der Waals surface area contributed by atoms with Crippen molar-refractivity contribution in [1.82, 2.24) is 4.90 Å². The molecule has 8 heteroatoms. The lowest BCUT2D eigenvalue weighted by atomic mass is 9.88. The van der Waals surface area contributed by atoms with Gasteiger partial charge in [-0.2, -0.15) is 0 Å². The summed E-state index contributed by atoms with van der Waals surface area (Å²) < 4.78 is 11.1. The lowest BCUT2D eigenvalue weighted by Crippen LogP contribution is -2.37. The normalized spacial score (nSPS) is 15.0. The fourth-order valence-corrected chi connectivity index (χ4v) is 4.24. The highest BCUT2D eigenvalue weighted by Gasteiger charge is 2.23. The molecular formula is C28H40N2O6. The zero-order chi connectivity index (χ0) is 26.2. The summed E-state index contributed by atoms with van der Waals surface area (Å²) in [5, 5.41) is 9.36. The number of carbonyl (C=O) groups excluding carboxylic acids is 1. The Morgan fingerprint density at radius 2 is 1.89 bits per heavy atom. The van der Waals surface area contributed by atoms with Crippen LogP contribution in [0, 0.1) is 10.1 Å². The van der Waals surface area contributed by atoms with Crippen LogP contribution in [0.5, 0.6) is 0 Å². The van der Waals surface area contributed by atoms with Gasteiger partial charge in [-0.25, -0.2) is 0 Å². The third-order valence-electron chi connectivity index (χ3n) is 6.48. The molecule has 1 saturated heterocycles. The zero-order valence-electron chi connectivity index (χ0n) is 21.7. The van der Waals surface area contributed by atoms with Gasteiger partial charge in [0.2, 0.25) is 5.91 Å². The van der Waals surface area contributed by atoms with E-state index in [0.29, 0.717) is 25.6 Å². The van der Waals surface area contributed by atoms with E-state index in [0.717, 1.165) is 56.5 Å². The summed E-state index contributed by atoms with van der Waals surface area (Å²) in [6.45, 7) is 8.29. The number of aryl methyl sites for hydroxylation is 1. The minimum atomic E-state index is -0.820. The summed E-state index contributed by atoms with van der Waals surface area (Å²) in [7, 11) is 1.66. The van der Waals surface area contributed by atoms with E-state index in [1.807, 2.05) is 24.0 Å². The van der Waals surface area contributed by atoms with Gasteiger partial charge in [0.1, 0.15) is 0 Å². The first kappa shape index (κ1) is 29.1. The summed E-state index contributed by atoms with van der Waals surface area (Å²) in [5.74, 6) is 1.36. The average molecular weight is 501 g/mol. The van der Waals surface area contributed by atoms with Gasteiger partial charge < -0.3 is 19.2 Å². The Morgan fingerprint density at radius 1 is 1.17 bits per heavy atom. The van der Waals surface area contributed by atoms with Crippen LogP contribution >= 0.6 is 0 Å². The quantitative estimate of drug-likeness (QED) is 0.0995. The molecule has 0 atom stereocenters. The molecule has 1 aliphatic rings. The van der Waals surface area contributed by atoms with Gasteiger partial charge in [-0.3, -0.25) is 4.79 Å². The summed E-state index contributed by atoms with van der Waals surface area (Å²) in [4.78, 5) is 28.6. The van der Waals surface area contributed by atoms with E-state index in [1.165, 1.54) is 11.1 Å². The Bertz CT molecular complexity index is 886. The molecule has 1 fully saturated rings. The maximum atomic E-state index is 12.3. The van der Waals surface area contributed by atoms with Crippen LogP contribution in [0.4, 0.5) is 0 Å². The topological polar surface area (TPSA) is 91.1 Å². The van der Waals surface area contributed by atoms with E-state index in [9.17, 15) is 14.9 Å². The van der Waals surface area contributed by atoms with E-state index in [4.69, 9.17) is 9.47 Å². The second-order valence-electron chi connectivity index (χ2n) is 8.95. The van der Waals surface area contributed by atoms with E-state index in [-0.39, 0.29) is 18.9 Å². The van der Waals surface area contributed by atoms with Gasteiger partial charge in [-0.1, -0.05) is 49.1 Å². The van der Waals surface area contributed by atoms with Gasteiger partial charge in [-0.15, -0.1) is 10.1 Å². The highest BCUT2D eigenvalue weighted by atomic mass is 16.9. The first-order chi connectivity index (χ1) is 17.4. The van der Waals surface area contributed by atoms with Crippen molar-refractivity contribution in [2.24, 2.45) is 0 Å². The summed E-state index contributed by atoms with van der Waals surface area (Å²) in [5.41, 5.74) is 3.67. The van der Waals surface area contributed by atoms with Crippen LogP contribution in [0.1, 0.15) is 62.5 Å². The van der Waals surface area contributed by atoms with Gasteiger partial charge in [0.15, 0.2) is 0 Å². The van der Waals surface area contributed by atoms with E-state index < -0.39 is 5.09 Å². The highest BCUT2D eigenvalue weighted by Crippen LogP contribution is 2.28. The lowest BCUT2D eigenvalue weighted by molar-refractivity contribution is -0.757. The molecule has 0 radical (unpaired) electrons. The fraction of sp³-hybridized carbons (Fsp3) is 0.536. The molecule has 1 heterocycles. The van der Waals surface area contributed by atoms with Crippen LogP contribution in [0.25, 0.3) is 0 Å². The Hall–Kier alpha value is -3.13. The molecule has 1 aromatic carbocycles. The van der Waals surface area contributed by atoms with Crippen LogP contribution in [-0.4, -0.2) is 55.9 Å². The molecule has 0 aliphatic carbocycles. The number of benzene rings is 1. The number of piperidine rings is 1. The molecule has 0 aromatic heterocycles. The maximum absolute atomic E-state index is 12.3. The van der Waals surface area contributed by atoms with Crippen molar-refractivity contribution in [2.45, 2.75) is 57.8 Å². The number of unbranched alkanes of at least 4 members (excludes halogenated alkanes) is 1. The Morgan fingerprint density at radius 3 is 2.53 bits per heavy atom. The lowest BCUT2D eigenvalue weighted by Gasteiger charge is -2.32. The first-order valence-corrected chi connectivity index (χ1v) is 12.7. The van der Waals surface area contributed by atoms with Gasteiger partial charge in [0, 0.05) is 31.7 Å². The van der Waals surface area contributed by atoms with Gasteiger partial charge in [-0.05, 0) is 62.5 Å². The second kappa shape index (κ2) is 16.5. The van der Waals surface area contributed by atoms with Crippen molar-refractivity contribution < 1.29 is 24.2 Å². The molecule has 0 spiro atoms. The van der Waals surface area contributed by atoms with E-state index in [2.05, 4.69) is 35.7 Å². The minimum absolute atomic E-state index is 0.0331. The number of methoxy groups -OCH3 is 1. The van der Waals surface area contributed by atoms with Crippen LogP contribution in [0.15, 0.2) is 60.4 Å². The largest absolute Gasteiger partial charge is 0.501 e. The number of hydrogen-bond acceptors (Lipinski definition) is 6. The van der Waals surface area contributed by atoms with Crippen molar-refractivity contribution in [3.05, 3.63) is 81.6 Å². The number of ether oxygens (including phenoxy) is 2. The van der Waals surface area contributed by atoms with Crippen molar-refractivity contribution in [2.75, 3.05) is 40.0 Å². The van der Waals surface area contributed by atoms with Gasteiger partial charge in [0.25, 0.3) is 5.09 Å². The number of carbonyl (C=O) groups is 1. The summed E-state index contributed by atoms with van der Waals surface area (Å²) in [6, 6.07) is 8.87.